The van der Waals surface area contributed by atoms with Gasteiger partial charge in [-0.3, -0.25) is 0 Å². The second-order valence-electron chi connectivity index (χ2n) is 5.48. The Labute approximate surface area is 104 Å². The Hall–Kier alpha value is -0.860. The summed E-state index contributed by atoms with van der Waals surface area (Å²) in [4.78, 5) is 0. The smallest absolute Gasteiger partial charge is 0.0992 e. The maximum Gasteiger partial charge on any atom is 0.0992 e. The lowest BCUT2D eigenvalue weighted by atomic mass is 9.74. The summed E-state index contributed by atoms with van der Waals surface area (Å²) in [7, 11) is 0. The Morgan fingerprint density at radius 2 is 1.94 bits per heavy atom. The van der Waals surface area contributed by atoms with Crippen molar-refractivity contribution >= 4 is 0 Å². The number of hydrogen-bond donors (Lipinski definition) is 2. The minimum absolute atomic E-state index is 0.290. The molecule has 1 unspecified atom stereocenters. The Kier molecular flexibility index (Phi) is 3.55. The maximum atomic E-state index is 10.5. The van der Waals surface area contributed by atoms with Crippen molar-refractivity contribution in [3.8, 4) is 0 Å². The molecule has 0 aromatic heterocycles. The fourth-order valence-corrected chi connectivity index (χ4v) is 2.52. The van der Waals surface area contributed by atoms with Crippen LogP contribution in [0.5, 0.6) is 0 Å². The van der Waals surface area contributed by atoms with Gasteiger partial charge in [-0.05, 0) is 38.2 Å². The number of nitrogens with one attached hydrogen (secondary N) is 1. The van der Waals surface area contributed by atoms with Crippen molar-refractivity contribution < 1.29 is 5.11 Å². The molecule has 1 aromatic rings. The molecule has 1 aromatic carbocycles. The lowest BCUT2D eigenvalue weighted by Crippen LogP contribution is -2.54. The van der Waals surface area contributed by atoms with Gasteiger partial charge in [0, 0.05) is 12.1 Å². The first-order valence-electron chi connectivity index (χ1n) is 6.61. The monoisotopic (exact) mass is 233 g/mol. The summed E-state index contributed by atoms with van der Waals surface area (Å²) in [6.07, 6.45) is 4.95. The molecule has 17 heavy (non-hydrogen) atoms. The van der Waals surface area contributed by atoms with Crippen LogP contribution in [0.3, 0.4) is 0 Å². The van der Waals surface area contributed by atoms with Crippen molar-refractivity contribution in [3.63, 3.8) is 0 Å². The van der Waals surface area contributed by atoms with Gasteiger partial charge in [0.25, 0.3) is 0 Å². The van der Waals surface area contributed by atoms with Gasteiger partial charge in [-0.2, -0.15) is 0 Å². The molecule has 0 radical (unpaired) electrons. The SMILES string of the molecule is CCC1(NCC(C)(O)c2ccccc2)CCC1. The van der Waals surface area contributed by atoms with Crippen molar-refractivity contribution in [2.75, 3.05) is 6.54 Å². The number of rotatable bonds is 5. The molecule has 0 saturated heterocycles. The predicted molar refractivity (Wildman–Crippen MR) is 70.9 cm³/mol. The van der Waals surface area contributed by atoms with E-state index in [1.807, 2.05) is 37.3 Å². The highest BCUT2D eigenvalue weighted by atomic mass is 16.3. The first kappa shape index (κ1) is 12.6. The molecule has 0 bridgehead atoms. The van der Waals surface area contributed by atoms with Crippen LogP contribution >= 0.6 is 0 Å². The number of aliphatic hydroxyl groups is 1. The molecule has 1 saturated carbocycles. The van der Waals surface area contributed by atoms with E-state index in [0.717, 1.165) is 12.0 Å². The van der Waals surface area contributed by atoms with Crippen LogP contribution in [0.4, 0.5) is 0 Å². The Morgan fingerprint density at radius 1 is 1.29 bits per heavy atom. The van der Waals surface area contributed by atoms with E-state index < -0.39 is 5.60 Å². The first-order valence-corrected chi connectivity index (χ1v) is 6.61. The van der Waals surface area contributed by atoms with Crippen molar-refractivity contribution in [2.24, 2.45) is 0 Å². The molecule has 1 fully saturated rings. The number of benzene rings is 1. The zero-order valence-corrected chi connectivity index (χ0v) is 10.9. The summed E-state index contributed by atoms with van der Waals surface area (Å²) in [6, 6.07) is 9.90. The van der Waals surface area contributed by atoms with Gasteiger partial charge in [-0.15, -0.1) is 0 Å². The van der Waals surface area contributed by atoms with Gasteiger partial charge in [0.15, 0.2) is 0 Å². The molecule has 0 amide bonds. The molecule has 2 nitrogen and oxygen atoms in total. The quantitative estimate of drug-likeness (QED) is 0.819. The van der Waals surface area contributed by atoms with E-state index >= 15 is 0 Å². The van der Waals surface area contributed by atoms with Gasteiger partial charge >= 0.3 is 0 Å². The molecule has 2 heteroatoms. The minimum Gasteiger partial charge on any atom is -0.384 e. The van der Waals surface area contributed by atoms with Gasteiger partial charge in [0.05, 0.1) is 5.60 Å². The lowest BCUT2D eigenvalue weighted by molar-refractivity contribution is 0.0352. The van der Waals surface area contributed by atoms with E-state index in [-0.39, 0.29) is 0 Å². The minimum atomic E-state index is -0.779. The molecule has 0 heterocycles. The normalized spacial score (nSPS) is 21.6. The fraction of sp³-hybridized carbons (Fsp3) is 0.600. The van der Waals surface area contributed by atoms with Crippen LogP contribution in [-0.4, -0.2) is 17.2 Å². The van der Waals surface area contributed by atoms with Gasteiger partial charge in [-0.1, -0.05) is 37.3 Å². The molecule has 1 aliphatic carbocycles. The zero-order valence-electron chi connectivity index (χ0n) is 10.9. The molecule has 1 aliphatic rings. The summed E-state index contributed by atoms with van der Waals surface area (Å²) < 4.78 is 0. The average Bonchev–Trinajstić information content (AvgIpc) is 2.29. The van der Waals surface area contributed by atoms with Crippen molar-refractivity contribution in [2.45, 2.75) is 50.7 Å². The average molecular weight is 233 g/mol. The summed E-state index contributed by atoms with van der Waals surface area (Å²) in [5.74, 6) is 0. The Morgan fingerprint density at radius 3 is 2.41 bits per heavy atom. The van der Waals surface area contributed by atoms with E-state index in [0.29, 0.717) is 12.1 Å². The molecule has 1 atom stereocenters. The highest BCUT2D eigenvalue weighted by Crippen LogP contribution is 2.35. The highest BCUT2D eigenvalue weighted by Gasteiger charge is 2.36. The Bertz CT molecular complexity index is 349. The molecule has 2 rings (SSSR count). The lowest BCUT2D eigenvalue weighted by Gasteiger charge is -2.44. The van der Waals surface area contributed by atoms with E-state index in [2.05, 4.69) is 12.2 Å². The zero-order chi connectivity index (χ0) is 12.4. The first-order chi connectivity index (χ1) is 8.08. The fourth-order valence-electron chi connectivity index (χ4n) is 2.52. The predicted octanol–water partition coefficient (Wildman–Crippen LogP) is 2.82. The van der Waals surface area contributed by atoms with E-state index in [4.69, 9.17) is 0 Å². The second-order valence-corrected chi connectivity index (χ2v) is 5.48. The molecule has 2 N–H and O–H groups in total. The largest absolute Gasteiger partial charge is 0.384 e. The van der Waals surface area contributed by atoms with Crippen LogP contribution in [-0.2, 0) is 5.60 Å². The molecular weight excluding hydrogens is 210 g/mol. The van der Waals surface area contributed by atoms with Crippen LogP contribution in [0.25, 0.3) is 0 Å². The van der Waals surface area contributed by atoms with Crippen molar-refractivity contribution in [3.05, 3.63) is 35.9 Å². The molecular formula is C15H23NO. The van der Waals surface area contributed by atoms with E-state index in [1.165, 1.54) is 19.3 Å². The Balaban J connectivity index is 1.98. The third-order valence-corrected chi connectivity index (χ3v) is 4.19. The van der Waals surface area contributed by atoms with E-state index in [9.17, 15) is 5.11 Å². The molecule has 0 spiro atoms. The third-order valence-electron chi connectivity index (χ3n) is 4.19. The van der Waals surface area contributed by atoms with Crippen LogP contribution in [0.1, 0.15) is 45.1 Å². The van der Waals surface area contributed by atoms with Gasteiger partial charge in [0.2, 0.25) is 0 Å². The van der Waals surface area contributed by atoms with Crippen molar-refractivity contribution in [1.29, 1.82) is 0 Å². The third kappa shape index (κ3) is 2.70. The van der Waals surface area contributed by atoms with E-state index in [1.54, 1.807) is 0 Å². The topological polar surface area (TPSA) is 32.3 Å². The summed E-state index contributed by atoms with van der Waals surface area (Å²) >= 11 is 0. The van der Waals surface area contributed by atoms with Gasteiger partial charge in [0.1, 0.15) is 0 Å². The van der Waals surface area contributed by atoms with Crippen LogP contribution in [0, 0.1) is 0 Å². The van der Waals surface area contributed by atoms with Crippen molar-refractivity contribution in [1.82, 2.24) is 5.32 Å². The number of hydrogen-bond acceptors (Lipinski definition) is 2. The van der Waals surface area contributed by atoms with Crippen LogP contribution in [0.2, 0.25) is 0 Å². The molecule has 0 aliphatic heterocycles. The van der Waals surface area contributed by atoms with Gasteiger partial charge in [-0.25, -0.2) is 0 Å². The van der Waals surface area contributed by atoms with Crippen LogP contribution < -0.4 is 5.32 Å². The standard InChI is InChI=1S/C15H23NO/c1-3-15(10-7-11-15)16-12-14(2,17)13-8-5-4-6-9-13/h4-6,8-9,16-17H,3,7,10-12H2,1-2H3. The second kappa shape index (κ2) is 4.79. The maximum absolute atomic E-state index is 10.5. The number of β-amino-alcohol motifs (C(OH)–C–C–N with tert-alkyl or cyclic N) is 1. The molecule has 94 valence electrons. The summed E-state index contributed by atoms with van der Waals surface area (Å²) in [6.45, 7) is 4.74. The summed E-state index contributed by atoms with van der Waals surface area (Å²) in [5, 5.41) is 14.1. The highest BCUT2D eigenvalue weighted by molar-refractivity contribution is 5.22. The van der Waals surface area contributed by atoms with Gasteiger partial charge < -0.3 is 10.4 Å². The summed E-state index contributed by atoms with van der Waals surface area (Å²) in [5.41, 5.74) is 0.496. The van der Waals surface area contributed by atoms with Crippen LogP contribution in [0.15, 0.2) is 30.3 Å².